The first-order valence-corrected chi connectivity index (χ1v) is 7.61. The third-order valence-electron chi connectivity index (χ3n) is 3.84. The Hall–Kier alpha value is -1.33. The van der Waals surface area contributed by atoms with E-state index >= 15 is 0 Å². The van der Waals surface area contributed by atoms with Gasteiger partial charge in [0, 0.05) is 6.61 Å². The normalized spacial score (nSPS) is 22.5. The van der Waals surface area contributed by atoms with Gasteiger partial charge in [0.25, 0.3) is 0 Å². The van der Waals surface area contributed by atoms with Gasteiger partial charge in [0.2, 0.25) is 0 Å². The van der Waals surface area contributed by atoms with Gasteiger partial charge in [-0.3, -0.25) is 0 Å². The van der Waals surface area contributed by atoms with Crippen LogP contribution in [0, 0.1) is 4.77 Å². The van der Waals surface area contributed by atoms with Crippen molar-refractivity contribution >= 4 is 23.3 Å². The first-order chi connectivity index (χ1) is 9.72. The molecule has 1 N–H and O–H groups in total. The zero-order chi connectivity index (χ0) is 14.1. The molecule has 0 spiro atoms. The van der Waals surface area contributed by atoms with Crippen molar-refractivity contribution in [3.63, 3.8) is 0 Å². The third-order valence-corrected chi connectivity index (χ3v) is 4.14. The zero-order valence-corrected chi connectivity index (χ0v) is 12.7. The van der Waals surface area contributed by atoms with Gasteiger partial charge in [-0.25, -0.2) is 0 Å². The number of hydrogen-bond donors (Lipinski definition) is 1. The highest BCUT2D eigenvalue weighted by atomic mass is 32.1. The van der Waals surface area contributed by atoms with Crippen molar-refractivity contribution < 1.29 is 9.47 Å². The van der Waals surface area contributed by atoms with Crippen molar-refractivity contribution in [2.75, 3.05) is 13.2 Å². The summed E-state index contributed by atoms with van der Waals surface area (Å²) in [6.45, 7) is 5.72. The molecule has 2 heterocycles. The van der Waals surface area contributed by atoms with Gasteiger partial charge in [-0.2, -0.15) is 0 Å². The Kier molecular flexibility index (Phi) is 3.81. The average molecular weight is 292 g/mol. The number of rotatable bonds is 4. The Morgan fingerprint density at radius 1 is 1.50 bits per heavy atom. The fourth-order valence-electron chi connectivity index (χ4n) is 2.84. The van der Waals surface area contributed by atoms with Gasteiger partial charge in [-0.1, -0.05) is 13.0 Å². The van der Waals surface area contributed by atoms with Crippen molar-refractivity contribution in [3.8, 4) is 5.75 Å². The number of nitrogens with one attached hydrogen (secondary N) is 1. The van der Waals surface area contributed by atoms with Crippen LogP contribution in [0.4, 0.5) is 0 Å². The molecule has 4 nitrogen and oxygen atoms in total. The minimum atomic E-state index is 0.195. The minimum Gasteiger partial charge on any atom is -0.491 e. The van der Waals surface area contributed by atoms with E-state index in [9.17, 15) is 0 Å². The fourth-order valence-corrected chi connectivity index (χ4v) is 3.18. The van der Waals surface area contributed by atoms with Gasteiger partial charge in [0.05, 0.1) is 24.3 Å². The summed E-state index contributed by atoms with van der Waals surface area (Å²) in [6.07, 6.45) is 2.19. The maximum absolute atomic E-state index is 5.80. The molecule has 0 amide bonds. The number of para-hydroxylation sites is 1. The molecular formula is C15H20N2O2S. The van der Waals surface area contributed by atoms with Crippen LogP contribution >= 0.6 is 12.2 Å². The van der Waals surface area contributed by atoms with Crippen LogP contribution in [0.5, 0.6) is 5.75 Å². The van der Waals surface area contributed by atoms with Crippen molar-refractivity contribution in [1.29, 1.82) is 0 Å². The molecular weight excluding hydrogens is 272 g/mol. The number of fused-ring (bicyclic) bond motifs is 1. The molecule has 20 heavy (non-hydrogen) atoms. The van der Waals surface area contributed by atoms with E-state index in [2.05, 4.69) is 29.5 Å². The first-order valence-electron chi connectivity index (χ1n) is 7.20. The van der Waals surface area contributed by atoms with Gasteiger partial charge in [0.15, 0.2) is 4.77 Å². The molecule has 0 bridgehead atoms. The number of aromatic nitrogens is 2. The molecule has 5 heteroatoms. The summed E-state index contributed by atoms with van der Waals surface area (Å²) in [4.78, 5) is 3.30. The summed E-state index contributed by atoms with van der Waals surface area (Å²) in [5, 5.41) is 0. The van der Waals surface area contributed by atoms with E-state index in [0.717, 1.165) is 41.0 Å². The van der Waals surface area contributed by atoms with Crippen molar-refractivity contribution in [1.82, 2.24) is 9.55 Å². The molecule has 1 aromatic carbocycles. The third kappa shape index (κ3) is 2.25. The van der Waals surface area contributed by atoms with Crippen LogP contribution < -0.4 is 4.74 Å². The molecule has 2 aromatic rings. The molecule has 3 rings (SSSR count). The van der Waals surface area contributed by atoms with E-state index in [-0.39, 0.29) is 6.10 Å². The average Bonchev–Trinajstić information content (AvgIpc) is 2.99. The number of ether oxygens (including phenoxy) is 2. The van der Waals surface area contributed by atoms with Gasteiger partial charge in [0.1, 0.15) is 11.3 Å². The summed E-state index contributed by atoms with van der Waals surface area (Å²) in [5.74, 6) is 0.876. The number of hydrogen-bond acceptors (Lipinski definition) is 3. The van der Waals surface area contributed by atoms with E-state index in [1.807, 2.05) is 12.1 Å². The van der Waals surface area contributed by atoms with Crippen LogP contribution in [0.15, 0.2) is 18.2 Å². The quantitative estimate of drug-likeness (QED) is 0.870. The lowest BCUT2D eigenvalue weighted by Crippen LogP contribution is -2.16. The number of nitrogens with zero attached hydrogens (tertiary/aromatic N) is 1. The molecule has 0 aliphatic carbocycles. The summed E-state index contributed by atoms with van der Waals surface area (Å²) < 4.78 is 14.4. The zero-order valence-electron chi connectivity index (χ0n) is 11.9. The summed E-state index contributed by atoms with van der Waals surface area (Å²) in [5.41, 5.74) is 2.09. The van der Waals surface area contributed by atoms with Crippen LogP contribution in [0.25, 0.3) is 11.0 Å². The molecule has 108 valence electrons. The Morgan fingerprint density at radius 2 is 2.35 bits per heavy atom. The molecule has 2 atom stereocenters. The van der Waals surface area contributed by atoms with E-state index in [0.29, 0.717) is 12.6 Å². The topological polar surface area (TPSA) is 39.2 Å². The second-order valence-electron chi connectivity index (χ2n) is 5.23. The second-order valence-corrected chi connectivity index (χ2v) is 5.62. The molecule has 1 saturated heterocycles. The fraction of sp³-hybridized carbons (Fsp3) is 0.533. The standard InChI is InChI=1S/C15H20N2O2S/c1-3-8-19-13-6-4-5-12-14(13)16-15(20)17(12)11-7-9-18-10(11)2/h4-6,10-11H,3,7-9H2,1-2H3,(H,16,20). The monoisotopic (exact) mass is 292 g/mol. The summed E-state index contributed by atoms with van der Waals surface area (Å²) >= 11 is 5.51. The van der Waals surface area contributed by atoms with Crippen LogP contribution in [0.2, 0.25) is 0 Å². The largest absolute Gasteiger partial charge is 0.491 e. The van der Waals surface area contributed by atoms with Crippen LogP contribution in [-0.4, -0.2) is 28.9 Å². The van der Waals surface area contributed by atoms with Gasteiger partial charge in [-0.15, -0.1) is 0 Å². The van der Waals surface area contributed by atoms with Crippen LogP contribution in [0.1, 0.15) is 32.7 Å². The van der Waals surface area contributed by atoms with E-state index < -0.39 is 0 Å². The molecule has 0 saturated carbocycles. The Bertz CT molecular complexity index is 661. The SMILES string of the molecule is CCCOc1cccc2c1[nH]c(=S)n2C1CCOC1C. The van der Waals surface area contributed by atoms with Gasteiger partial charge >= 0.3 is 0 Å². The second kappa shape index (κ2) is 5.58. The Morgan fingerprint density at radius 3 is 3.05 bits per heavy atom. The van der Waals surface area contributed by atoms with Crippen molar-refractivity contribution in [2.24, 2.45) is 0 Å². The van der Waals surface area contributed by atoms with Crippen LogP contribution in [-0.2, 0) is 4.74 Å². The maximum Gasteiger partial charge on any atom is 0.178 e. The highest BCUT2D eigenvalue weighted by Gasteiger charge is 2.28. The molecule has 0 radical (unpaired) electrons. The molecule has 1 aromatic heterocycles. The lowest BCUT2D eigenvalue weighted by Gasteiger charge is -2.17. The number of aromatic amines is 1. The highest BCUT2D eigenvalue weighted by Crippen LogP contribution is 2.32. The Balaban J connectivity index is 2.09. The maximum atomic E-state index is 5.80. The number of H-pyrrole nitrogens is 1. The predicted molar refractivity (Wildman–Crippen MR) is 82.0 cm³/mol. The summed E-state index contributed by atoms with van der Waals surface area (Å²) in [7, 11) is 0. The van der Waals surface area contributed by atoms with Crippen molar-refractivity contribution in [2.45, 2.75) is 38.8 Å². The lowest BCUT2D eigenvalue weighted by molar-refractivity contribution is 0.108. The molecule has 2 unspecified atom stereocenters. The number of benzene rings is 1. The van der Waals surface area contributed by atoms with E-state index in [1.54, 1.807) is 0 Å². The minimum absolute atomic E-state index is 0.195. The number of imidazole rings is 1. The van der Waals surface area contributed by atoms with Crippen LogP contribution in [0.3, 0.4) is 0 Å². The van der Waals surface area contributed by atoms with E-state index in [4.69, 9.17) is 21.7 Å². The van der Waals surface area contributed by atoms with Crippen molar-refractivity contribution in [3.05, 3.63) is 23.0 Å². The molecule has 1 aliphatic heterocycles. The highest BCUT2D eigenvalue weighted by molar-refractivity contribution is 7.71. The Labute approximate surface area is 123 Å². The van der Waals surface area contributed by atoms with Gasteiger partial charge < -0.3 is 19.0 Å². The molecule has 1 fully saturated rings. The predicted octanol–water partition coefficient (Wildman–Crippen LogP) is 3.84. The molecule has 1 aliphatic rings. The smallest absolute Gasteiger partial charge is 0.178 e. The summed E-state index contributed by atoms with van der Waals surface area (Å²) in [6, 6.07) is 6.40. The lowest BCUT2D eigenvalue weighted by atomic mass is 10.1. The van der Waals surface area contributed by atoms with E-state index in [1.165, 1.54) is 0 Å². The van der Waals surface area contributed by atoms with Gasteiger partial charge in [-0.05, 0) is 44.1 Å². The first kappa shape index (κ1) is 13.6.